The number of amides is 1. The van der Waals surface area contributed by atoms with E-state index in [1.165, 1.54) is 6.07 Å². The SMILES string of the molecule is CC(C)[C@@H](CO)NC(=O)c1ccccc1O. The van der Waals surface area contributed by atoms with Crippen LogP contribution in [0.2, 0.25) is 0 Å². The third-order valence-corrected chi connectivity index (χ3v) is 2.47. The molecule has 0 saturated carbocycles. The highest BCUT2D eigenvalue weighted by molar-refractivity contribution is 5.96. The maximum atomic E-state index is 11.8. The molecule has 1 atom stereocenters. The van der Waals surface area contributed by atoms with E-state index in [2.05, 4.69) is 5.32 Å². The second kappa shape index (κ2) is 5.51. The standard InChI is InChI=1S/C12H17NO3/c1-8(2)10(7-14)13-12(16)9-5-3-4-6-11(9)15/h3-6,8,10,14-15H,7H2,1-2H3,(H,13,16)/t10-/m1/s1. The maximum Gasteiger partial charge on any atom is 0.255 e. The van der Waals surface area contributed by atoms with Gasteiger partial charge in [-0.05, 0) is 18.1 Å². The zero-order valence-corrected chi connectivity index (χ0v) is 9.47. The van der Waals surface area contributed by atoms with Crippen LogP contribution in [-0.4, -0.2) is 28.8 Å². The van der Waals surface area contributed by atoms with E-state index in [4.69, 9.17) is 5.11 Å². The van der Waals surface area contributed by atoms with Gasteiger partial charge in [-0.1, -0.05) is 26.0 Å². The number of phenols is 1. The number of hydrogen-bond acceptors (Lipinski definition) is 3. The van der Waals surface area contributed by atoms with Crippen LogP contribution in [0, 0.1) is 5.92 Å². The highest BCUT2D eigenvalue weighted by Gasteiger charge is 2.17. The Morgan fingerprint density at radius 3 is 2.50 bits per heavy atom. The number of carbonyl (C=O) groups is 1. The van der Waals surface area contributed by atoms with Gasteiger partial charge in [0.1, 0.15) is 5.75 Å². The first-order valence-corrected chi connectivity index (χ1v) is 5.26. The summed E-state index contributed by atoms with van der Waals surface area (Å²) in [6, 6.07) is 6.03. The summed E-state index contributed by atoms with van der Waals surface area (Å²) in [5.74, 6) is -0.286. The van der Waals surface area contributed by atoms with Crippen LogP contribution < -0.4 is 5.32 Å². The number of aliphatic hydroxyl groups excluding tert-OH is 1. The molecule has 0 radical (unpaired) electrons. The van der Waals surface area contributed by atoms with Gasteiger partial charge in [0.2, 0.25) is 0 Å². The zero-order valence-electron chi connectivity index (χ0n) is 9.47. The topological polar surface area (TPSA) is 69.6 Å². The van der Waals surface area contributed by atoms with Crippen molar-refractivity contribution >= 4 is 5.91 Å². The number of nitrogens with one attached hydrogen (secondary N) is 1. The van der Waals surface area contributed by atoms with Crippen molar-refractivity contribution in [2.75, 3.05) is 6.61 Å². The van der Waals surface area contributed by atoms with E-state index in [1.807, 2.05) is 13.8 Å². The molecule has 0 heterocycles. The van der Waals surface area contributed by atoms with E-state index >= 15 is 0 Å². The van der Waals surface area contributed by atoms with Crippen molar-refractivity contribution in [3.05, 3.63) is 29.8 Å². The van der Waals surface area contributed by atoms with Crippen molar-refractivity contribution in [3.63, 3.8) is 0 Å². The summed E-state index contributed by atoms with van der Waals surface area (Å²) in [5.41, 5.74) is 0.224. The first-order valence-electron chi connectivity index (χ1n) is 5.26. The van der Waals surface area contributed by atoms with Gasteiger partial charge in [0.25, 0.3) is 5.91 Å². The molecule has 0 unspecified atom stereocenters. The molecule has 88 valence electrons. The Bertz CT molecular complexity index is 363. The van der Waals surface area contributed by atoms with E-state index in [-0.39, 0.29) is 35.8 Å². The minimum atomic E-state index is -0.370. The Morgan fingerprint density at radius 1 is 1.38 bits per heavy atom. The van der Waals surface area contributed by atoms with Crippen molar-refractivity contribution in [3.8, 4) is 5.75 Å². The van der Waals surface area contributed by atoms with Crippen LogP contribution in [0.3, 0.4) is 0 Å². The summed E-state index contributed by atoms with van der Waals surface area (Å²) < 4.78 is 0. The lowest BCUT2D eigenvalue weighted by atomic mass is 10.0. The van der Waals surface area contributed by atoms with Crippen LogP contribution in [-0.2, 0) is 0 Å². The summed E-state index contributed by atoms with van der Waals surface area (Å²) in [4.78, 5) is 11.8. The second-order valence-corrected chi connectivity index (χ2v) is 4.02. The fourth-order valence-corrected chi connectivity index (χ4v) is 1.33. The lowest BCUT2D eigenvalue weighted by Crippen LogP contribution is -2.41. The molecular formula is C12H17NO3. The van der Waals surface area contributed by atoms with Gasteiger partial charge in [-0.15, -0.1) is 0 Å². The van der Waals surface area contributed by atoms with Crippen LogP contribution in [0.25, 0.3) is 0 Å². The van der Waals surface area contributed by atoms with Gasteiger partial charge < -0.3 is 15.5 Å². The van der Waals surface area contributed by atoms with Crippen LogP contribution >= 0.6 is 0 Å². The fourth-order valence-electron chi connectivity index (χ4n) is 1.33. The lowest BCUT2D eigenvalue weighted by Gasteiger charge is -2.20. The number of rotatable bonds is 4. The van der Waals surface area contributed by atoms with E-state index in [0.717, 1.165) is 0 Å². The van der Waals surface area contributed by atoms with Gasteiger partial charge in [0, 0.05) is 0 Å². The minimum Gasteiger partial charge on any atom is -0.507 e. The Labute approximate surface area is 94.9 Å². The molecule has 0 saturated heterocycles. The number of hydrogen-bond donors (Lipinski definition) is 3. The van der Waals surface area contributed by atoms with E-state index in [1.54, 1.807) is 18.2 Å². The minimum absolute atomic E-state index is 0.0551. The summed E-state index contributed by atoms with van der Waals surface area (Å²) in [5, 5.41) is 21.2. The average molecular weight is 223 g/mol. The normalized spacial score (nSPS) is 12.5. The predicted molar refractivity (Wildman–Crippen MR) is 61.3 cm³/mol. The second-order valence-electron chi connectivity index (χ2n) is 4.02. The average Bonchev–Trinajstić information content (AvgIpc) is 2.25. The summed E-state index contributed by atoms with van der Waals surface area (Å²) in [6.45, 7) is 3.70. The maximum absolute atomic E-state index is 11.8. The van der Waals surface area contributed by atoms with Crippen molar-refractivity contribution < 1.29 is 15.0 Å². The molecule has 1 aromatic carbocycles. The van der Waals surface area contributed by atoms with E-state index in [9.17, 15) is 9.90 Å². The molecule has 0 aliphatic rings. The fraction of sp³-hybridized carbons (Fsp3) is 0.417. The van der Waals surface area contributed by atoms with Crippen LogP contribution in [0.4, 0.5) is 0 Å². The molecule has 4 heteroatoms. The number of carbonyl (C=O) groups excluding carboxylic acids is 1. The number of para-hydroxylation sites is 1. The molecule has 1 rings (SSSR count). The molecule has 0 fully saturated rings. The van der Waals surface area contributed by atoms with Gasteiger partial charge >= 0.3 is 0 Å². The Balaban J connectivity index is 2.76. The van der Waals surface area contributed by atoms with Gasteiger partial charge in [0.05, 0.1) is 18.2 Å². The van der Waals surface area contributed by atoms with E-state index < -0.39 is 0 Å². The molecule has 4 nitrogen and oxygen atoms in total. The first-order chi connectivity index (χ1) is 7.56. The largest absolute Gasteiger partial charge is 0.507 e. The Hall–Kier alpha value is -1.55. The monoisotopic (exact) mass is 223 g/mol. The molecule has 0 aliphatic heterocycles. The number of phenolic OH excluding ortho intramolecular Hbond substituents is 1. The molecule has 0 aliphatic carbocycles. The predicted octanol–water partition coefficient (Wildman–Crippen LogP) is 1.14. The van der Waals surface area contributed by atoms with Crippen molar-refractivity contribution in [2.45, 2.75) is 19.9 Å². The van der Waals surface area contributed by atoms with Crippen LogP contribution in [0.15, 0.2) is 24.3 Å². The summed E-state index contributed by atoms with van der Waals surface area (Å²) in [6.07, 6.45) is 0. The lowest BCUT2D eigenvalue weighted by molar-refractivity contribution is 0.0894. The van der Waals surface area contributed by atoms with Gasteiger partial charge in [0.15, 0.2) is 0 Å². The third kappa shape index (κ3) is 2.97. The van der Waals surface area contributed by atoms with E-state index in [0.29, 0.717) is 0 Å². The van der Waals surface area contributed by atoms with Crippen LogP contribution in [0.1, 0.15) is 24.2 Å². The Kier molecular flexibility index (Phi) is 4.31. The molecule has 0 bridgehead atoms. The zero-order chi connectivity index (χ0) is 12.1. The third-order valence-electron chi connectivity index (χ3n) is 2.47. The van der Waals surface area contributed by atoms with Gasteiger partial charge in [-0.2, -0.15) is 0 Å². The molecule has 3 N–H and O–H groups in total. The van der Waals surface area contributed by atoms with Crippen molar-refractivity contribution in [1.82, 2.24) is 5.32 Å². The highest BCUT2D eigenvalue weighted by atomic mass is 16.3. The highest BCUT2D eigenvalue weighted by Crippen LogP contribution is 2.15. The Morgan fingerprint density at radius 2 is 2.00 bits per heavy atom. The molecule has 1 aromatic rings. The quantitative estimate of drug-likeness (QED) is 0.717. The molecule has 0 aromatic heterocycles. The summed E-state index contributed by atoms with van der Waals surface area (Å²) >= 11 is 0. The smallest absolute Gasteiger partial charge is 0.255 e. The van der Waals surface area contributed by atoms with Crippen molar-refractivity contribution in [1.29, 1.82) is 0 Å². The molecule has 1 amide bonds. The van der Waals surface area contributed by atoms with Gasteiger partial charge in [-0.3, -0.25) is 4.79 Å². The first kappa shape index (κ1) is 12.5. The van der Waals surface area contributed by atoms with Crippen LogP contribution in [0.5, 0.6) is 5.75 Å². The summed E-state index contributed by atoms with van der Waals surface area (Å²) in [7, 11) is 0. The van der Waals surface area contributed by atoms with Crippen molar-refractivity contribution in [2.24, 2.45) is 5.92 Å². The number of aromatic hydroxyl groups is 1. The number of aliphatic hydroxyl groups is 1. The molecular weight excluding hydrogens is 206 g/mol. The number of benzene rings is 1. The van der Waals surface area contributed by atoms with Gasteiger partial charge in [-0.25, -0.2) is 0 Å². The molecule has 16 heavy (non-hydrogen) atoms. The molecule has 0 spiro atoms.